The molecule has 0 saturated heterocycles. The fraction of sp³-hybridized carbons (Fsp3) is 0.176. The summed E-state index contributed by atoms with van der Waals surface area (Å²) in [5, 5.41) is 2.99. The van der Waals surface area contributed by atoms with Crippen molar-refractivity contribution in [1.29, 1.82) is 0 Å². The first-order valence-corrected chi connectivity index (χ1v) is 7.39. The second-order valence-electron chi connectivity index (χ2n) is 5.46. The van der Waals surface area contributed by atoms with E-state index in [-0.39, 0.29) is 6.54 Å². The molecule has 1 amide bonds. The van der Waals surface area contributed by atoms with Crippen molar-refractivity contribution in [3.8, 4) is 0 Å². The summed E-state index contributed by atoms with van der Waals surface area (Å²) in [6, 6.07) is 12.0. The van der Waals surface area contributed by atoms with Crippen LogP contribution >= 0.6 is 0 Å². The van der Waals surface area contributed by atoms with Gasteiger partial charge in [-0.2, -0.15) is 0 Å². The van der Waals surface area contributed by atoms with Crippen molar-refractivity contribution in [3.63, 3.8) is 0 Å². The molecule has 0 saturated carbocycles. The van der Waals surface area contributed by atoms with Gasteiger partial charge >= 0.3 is 5.69 Å². The van der Waals surface area contributed by atoms with E-state index >= 15 is 0 Å². The zero-order valence-corrected chi connectivity index (χ0v) is 13.3. The molecule has 0 aliphatic rings. The average molecular weight is 324 g/mol. The Balaban J connectivity index is 1.97. The van der Waals surface area contributed by atoms with Gasteiger partial charge in [-0.15, -0.1) is 0 Å². The highest BCUT2D eigenvalue weighted by atomic mass is 16.2. The predicted molar refractivity (Wildman–Crippen MR) is 91.1 cm³/mol. The predicted octanol–water partition coefficient (Wildman–Crippen LogP) is 1.04. The Bertz CT molecular complexity index is 1050. The summed E-state index contributed by atoms with van der Waals surface area (Å²) in [7, 11) is 1.57. The van der Waals surface area contributed by atoms with Crippen molar-refractivity contribution in [2.75, 3.05) is 5.32 Å². The van der Waals surface area contributed by atoms with Gasteiger partial charge in [0.05, 0.1) is 10.9 Å². The summed E-state index contributed by atoms with van der Waals surface area (Å²) in [4.78, 5) is 41.2. The van der Waals surface area contributed by atoms with Gasteiger partial charge in [-0.25, -0.2) is 9.78 Å². The lowest BCUT2D eigenvalue weighted by Gasteiger charge is -2.10. The normalized spacial score (nSPS) is 10.8. The first kappa shape index (κ1) is 15.7. The molecule has 0 aliphatic carbocycles. The average Bonchev–Trinajstić information content (AvgIpc) is 2.57. The fourth-order valence-corrected chi connectivity index (χ4v) is 2.54. The molecule has 3 aromatic rings. The highest BCUT2D eigenvalue weighted by molar-refractivity contribution is 5.89. The van der Waals surface area contributed by atoms with E-state index in [1.54, 1.807) is 56.4 Å². The monoisotopic (exact) mass is 324 g/mol. The van der Waals surface area contributed by atoms with Gasteiger partial charge in [0.1, 0.15) is 12.4 Å². The number of carbonyl (C=O) groups is 1. The minimum atomic E-state index is -0.536. The lowest BCUT2D eigenvalue weighted by Crippen LogP contribution is -2.41. The zero-order valence-electron chi connectivity index (χ0n) is 13.3. The summed E-state index contributed by atoms with van der Waals surface area (Å²) in [5.74, 6) is -0.103. The van der Waals surface area contributed by atoms with Gasteiger partial charge in [-0.3, -0.25) is 18.7 Å². The maximum absolute atomic E-state index is 12.5. The molecule has 2 heterocycles. The number of fused-ring (bicyclic) bond motifs is 1. The number of nitrogens with zero attached hydrogens (tertiary/aromatic N) is 3. The van der Waals surface area contributed by atoms with E-state index in [1.807, 2.05) is 0 Å². The lowest BCUT2D eigenvalue weighted by molar-refractivity contribution is -0.116. The number of para-hydroxylation sites is 1. The van der Waals surface area contributed by atoms with E-state index in [9.17, 15) is 14.4 Å². The van der Waals surface area contributed by atoms with E-state index < -0.39 is 17.2 Å². The standard InChI is InChI=1S/C17H16N4O3/c1-11-6-5-9-14(18-11)19-15(22)10-21-16(23)12-7-3-4-8-13(12)20(2)17(21)24/h3-9H,10H2,1-2H3,(H,18,19,22). The molecule has 0 radical (unpaired) electrons. The van der Waals surface area contributed by atoms with Crippen LogP contribution in [0.1, 0.15) is 5.69 Å². The molecule has 3 rings (SSSR count). The number of hydrogen-bond donors (Lipinski definition) is 1. The summed E-state index contributed by atoms with van der Waals surface area (Å²) in [6.07, 6.45) is 0. The van der Waals surface area contributed by atoms with Crippen molar-refractivity contribution < 1.29 is 4.79 Å². The maximum Gasteiger partial charge on any atom is 0.331 e. The number of nitrogens with one attached hydrogen (secondary N) is 1. The number of benzene rings is 1. The Morgan fingerprint density at radius 3 is 2.62 bits per heavy atom. The molecule has 0 atom stereocenters. The van der Waals surface area contributed by atoms with Crippen molar-refractivity contribution in [3.05, 3.63) is 69.0 Å². The van der Waals surface area contributed by atoms with Crippen LogP contribution in [0.4, 0.5) is 5.82 Å². The topological polar surface area (TPSA) is 86.0 Å². The van der Waals surface area contributed by atoms with Crippen molar-refractivity contribution >= 4 is 22.6 Å². The first-order chi connectivity index (χ1) is 11.5. The fourth-order valence-electron chi connectivity index (χ4n) is 2.54. The number of pyridine rings is 1. The van der Waals surface area contributed by atoms with Crippen LogP contribution in [0.25, 0.3) is 10.9 Å². The SMILES string of the molecule is Cc1cccc(NC(=O)Cn2c(=O)c3ccccc3n(C)c2=O)n1. The molecule has 7 nitrogen and oxygen atoms in total. The molecule has 2 aromatic heterocycles. The van der Waals surface area contributed by atoms with Gasteiger partial charge in [-0.1, -0.05) is 18.2 Å². The third-order valence-corrected chi connectivity index (χ3v) is 3.72. The minimum absolute atomic E-state index is 0.369. The number of aromatic nitrogens is 3. The van der Waals surface area contributed by atoms with Gasteiger partial charge in [0, 0.05) is 12.7 Å². The van der Waals surface area contributed by atoms with Crippen LogP contribution in [0.5, 0.6) is 0 Å². The maximum atomic E-state index is 12.5. The van der Waals surface area contributed by atoms with Gasteiger partial charge in [0.2, 0.25) is 5.91 Å². The number of hydrogen-bond acceptors (Lipinski definition) is 4. The lowest BCUT2D eigenvalue weighted by atomic mass is 10.2. The highest BCUT2D eigenvalue weighted by Crippen LogP contribution is 2.06. The molecule has 122 valence electrons. The van der Waals surface area contributed by atoms with Gasteiger partial charge < -0.3 is 5.32 Å². The molecular formula is C17H16N4O3. The largest absolute Gasteiger partial charge is 0.331 e. The van der Waals surface area contributed by atoms with E-state index in [2.05, 4.69) is 10.3 Å². The molecule has 7 heteroatoms. The Morgan fingerprint density at radius 2 is 1.88 bits per heavy atom. The van der Waals surface area contributed by atoms with Crippen molar-refractivity contribution in [2.24, 2.45) is 7.05 Å². The van der Waals surface area contributed by atoms with Gasteiger partial charge in [0.15, 0.2) is 0 Å². The molecule has 0 unspecified atom stereocenters. The van der Waals surface area contributed by atoms with Crippen molar-refractivity contribution in [1.82, 2.24) is 14.1 Å². The summed E-state index contributed by atoms with van der Waals surface area (Å²) < 4.78 is 2.28. The van der Waals surface area contributed by atoms with Crippen LogP contribution < -0.4 is 16.6 Å². The number of aryl methyl sites for hydroxylation is 2. The molecule has 1 N–H and O–H groups in total. The Kier molecular flexibility index (Phi) is 3.99. The van der Waals surface area contributed by atoms with Crippen LogP contribution in [0.3, 0.4) is 0 Å². The number of anilines is 1. The molecule has 1 aromatic carbocycles. The van der Waals surface area contributed by atoms with E-state index in [0.29, 0.717) is 16.7 Å². The molecule has 0 fully saturated rings. The van der Waals surface area contributed by atoms with Crippen LogP contribution in [0.15, 0.2) is 52.1 Å². The van der Waals surface area contributed by atoms with Crippen LogP contribution in [-0.2, 0) is 18.4 Å². The van der Waals surface area contributed by atoms with Crippen molar-refractivity contribution in [2.45, 2.75) is 13.5 Å². The van der Waals surface area contributed by atoms with E-state index in [1.165, 1.54) is 4.57 Å². The molecule has 0 bridgehead atoms. The van der Waals surface area contributed by atoms with Gasteiger partial charge in [-0.05, 0) is 31.2 Å². The third kappa shape index (κ3) is 2.83. The molecule has 0 aliphatic heterocycles. The van der Waals surface area contributed by atoms with Crippen LogP contribution in [0.2, 0.25) is 0 Å². The highest BCUT2D eigenvalue weighted by Gasteiger charge is 2.13. The zero-order chi connectivity index (χ0) is 17.3. The Hall–Kier alpha value is -3.22. The van der Waals surface area contributed by atoms with E-state index in [4.69, 9.17) is 0 Å². The first-order valence-electron chi connectivity index (χ1n) is 7.39. The summed E-state index contributed by atoms with van der Waals surface area (Å²) in [6.45, 7) is 1.44. The van der Waals surface area contributed by atoms with Crippen LogP contribution in [-0.4, -0.2) is 20.0 Å². The Labute approximate surface area is 137 Å². The van der Waals surface area contributed by atoms with E-state index in [0.717, 1.165) is 10.3 Å². The second-order valence-corrected chi connectivity index (χ2v) is 5.46. The number of amides is 1. The Morgan fingerprint density at radius 1 is 1.12 bits per heavy atom. The summed E-state index contributed by atoms with van der Waals surface area (Å²) >= 11 is 0. The third-order valence-electron chi connectivity index (χ3n) is 3.72. The van der Waals surface area contributed by atoms with Crippen LogP contribution in [0, 0.1) is 6.92 Å². The summed E-state index contributed by atoms with van der Waals surface area (Å²) in [5.41, 5.74) is 0.267. The quantitative estimate of drug-likeness (QED) is 0.780. The van der Waals surface area contributed by atoms with Gasteiger partial charge in [0.25, 0.3) is 5.56 Å². The number of rotatable bonds is 3. The second kappa shape index (κ2) is 6.11. The molecular weight excluding hydrogens is 308 g/mol. The number of carbonyl (C=O) groups excluding carboxylic acids is 1. The molecule has 0 spiro atoms. The minimum Gasteiger partial charge on any atom is -0.309 e. The smallest absolute Gasteiger partial charge is 0.309 e. The molecule has 24 heavy (non-hydrogen) atoms.